The highest BCUT2D eigenvalue weighted by atomic mass is 32.2. The van der Waals surface area contributed by atoms with Gasteiger partial charge in [0.15, 0.2) is 0 Å². The summed E-state index contributed by atoms with van der Waals surface area (Å²) in [5.41, 5.74) is 7.29. The minimum Gasteiger partial charge on any atom is -0.396 e. The van der Waals surface area contributed by atoms with Gasteiger partial charge >= 0.3 is 0 Å². The van der Waals surface area contributed by atoms with Gasteiger partial charge in [-0.2, -0.15) is 0 Å². The van der Waals surface area contributed by atoms with Crippen LogP contribution >= 0.6 is 0 Å². The van der Waals surface area contributed by atoms with Gasteiger partial charge in [0.1, 0.15) is 0 Å². The Morgan fingerprint density at radius 1 is 1.25 bits per heavy atom. The predicted octanol–water partition coefficient (Wildman–Crippen LogP) is 0.679. The Bertz CT molecular complexity index is 528. The zero-order valence-corrected chi connectivity index (χ0v) is 12.3. The van der Waals surface area contributed by atoms with Crippen LogP contribution in [0.5, 0.6) is 0 Å². The molecule has 0 bridgehead atoms. The molecule has 1 heterocycles. The van der Waals surface area contributed by atoms with E-state index < -0.39 is 10.0 Å². The summed E-state index contributed by atoms with van der Waals surface area (Å²) < 4.78 is 26.3. The lowest BCUT2D eigenvalue weighted by atomic mass is 10.0. The normalized spacial score (nSPS) is 21.0. The lowest BCUT2D eigenvalue weighted by Crippen LogP contribution is -2.41. The number of hydrogen-bond donors (Lipinski definition) is 2. The fraction of sp³-hybridized carbons (Fsp3) is 0.571. The number of rotatable bonds is 5. The molecular formula is C14H22N2O3S. The van der Waals surface area contributed by atoms with Gasteiger partial charge < -0.3 is 10.8 Å². The van der Waals surface area contributed by atoms with Crippen LogP contribution in [-0.4, -0.2) is 37.5 Å². The van der Waals surface area contributed by atoms with E-state index in [9.17, 15) is 13.5 Å². The Hall–Kier alpha value is -0.950. The smallest absolute Gasteiger partial charge is 0.218 e. The number of aliphatic hydroxyl groups is 1. The lowest BCUT2D eigenvalue weighted by Gasteiger charge is -2.31. The molecule has 1 aliphatic rings. The first-order valence-corrected chi connectivity index (χ1v) is 8.52. The number of aliphatic hydroxyl groups excluding tert-OH is 1. The van der Waals surface area contributed by atoms with Crippen molar-refractivity contribution in [2.45, 2.75) is 25.1 Å². The molecule has 1 aromatic rings. The van der Waals surface area contributed by atoms with Gasteiger partial charge in [-0.05, 0) is 29.9 Å². The molecular weight excluding hydrogens is 276 g/mol. The number of benzene rings is 1. The molecule has 0 saturated carbocycles. The SMILES string of the molecule is NCc1ccc(CS(=O)(=O)N2CCCC(CO)C2)cc1. The molecule has 0 aromatic heterocycles. The Morgan fingerprint density at radius 2 is 1.90 bits per heavy atom. The van der Waals surface area contributed by atoms with Gasteiger partial charge in [0.05, 0.1) is 5.75 Å². The van der Waals surface area contributed by atoms with E-state index in [4.69, 9.17) is 5.73 Å². The number of piperidine rings is 1. The largest absolute Gasteiger partial charge is 0.396 e. The van der Waals surface area contributed by atoms with E-state index in [1.54, 1.807) is 0 Å². The highest BCUT2D eigenvalue weighted by Gasteiger charge is 2.28. The van der Waals surface area contributed by atoms with Gasteiger partial charge in [0.2, 0.25) is 10.0 Å². The summed E-state index contributed by atoms with van der Waals surface area (Å²) in [6.45, 7) is 1.49. The van der Waals surface area contributed by atoms with Crippen molar-refractivity contribution in [2.75, 3.05) is 19.7 Å². The van der Waals surface area contributed by atoms with Crippen molar-refractivity contribution in [3.05, 3.63) is 35.4 Å². The molecule has 1 aliphatic heterocycles. The summed E-state index contributed by atoms with van der Waals surface area (Å²) in [6, 6.07) is 7.34. The lowest BCUT2D eigenvalue weighted by molar-refractivity contribution is 0.165. The molecule has 1 atom stereocenters. The maximum absolute atomic E-state index is 12.4. The minimum absolute atomic E-state index is 0.00992. The molecule has 1 unspecified atom stereocenters. The van der Waals surface area contributed by atoms with E-state index in [1.807, 2.05) is 24.3 Å². The summed E-state index contributed by atoms with van der Waals surface area (Å²) in [7, 11) is -3.31. The Kier molecular flexibility index (Phi) is 5.15. The van der Waals surface area contributed by atoms with E-state index in [0.717, 1.165) is 24.0 Å². The highest BCUT2D eigenvalue weighted by molar-refractivity contribution is 7.88. The standard InChI is InChI=1S/C14H22N2O3S/c15-8-12-3-5-13(6-4-12)11-20(18,19)16-7-1-2-14(9-16)10-17/h3-6,14,17H,1-2,7-11,15H2. The first-order chi connectivity index (χ1) is 9.55. The van der Waals surface area contributed by atoms with Gasteiger partial charge in [-0.3, -0.25) is 0 Å². The van der Waals surface area contributed by atoms with Gasteiger partial charge in [0.25, 0.3) is 0 Å². The Labute approximate surface area is 120 Å². The van der Waals surface area contributed by atoms with Crippen molar-refractivity contribution < 1.29 is 13.5 Å². The van der Waals surface area contributed by atoms with E-state index >= 15 is 0 Å². The summed E-state index contributed by atoms with van der Waals surface area (Å²) in [6.07, 6.45) is 1.71. The van der Waals surface area contributed by atoms with Crippen LogP contribution in [0.15, 0.2) is 24.3 Å². The maximum Gasteiger partial charge on any atom is 0.218 e. The Morgan fingerprint density at radius 3 is 2.50 bits per heavy atom. The van der Waals surface area contributed by atoms with Crippen LogP contribution < -0.4 is 5.73 Å². The third-order valence-electron chi connectivity index (χ3n) is 3.74. The van der Waals surface area contributed by atoms with Crippen LogP contribution in [0.2, 0.25) is 0 Å². The Balaban J connectivity index is 2.05. The quantitative estimate of drug-likeness (QED) is 0.837. The van der Waals surface area contributed by atoms with Crippen LogP contribution in [0, 0.1) is 5.92 Å². The number of sulfonamides is 1. The zero-order valence-electron chi connectivity index (χ0n) is 11.5. The van der Waals surface area contributed by atoms with Crippen LogP contribution in [0.1, 0.15) is 24.0 Å². The second-order valence-corrected chi connectivity index (χ2v) is 7.29. The number of hydrogen-bond acceptors (Lipinski definition) is 4. The van der Waals surface area contributed by atoms with E-state index in [1.165, 1.54) is 4.31 Å². The molecule has 1 aromatic carbocycles. The second kappa shape index (κ2) is 6.67. The first kappa shape index (κ1) is 15.4. The van der Waals surface area contributed by atoms with E-state index in [2.05, 4.69) is 0 Å². The summed E-state index contributed by atoms with van der Waals surface area (Å²) in [5.74, 6) is 0.0776. The molecule has 112 valence electrons. The molecule has 20 heavy (non-hydrogen) atoms. The van der Waals surface area contributed by atoms with Crippen molar-refractivity contribution in [3.8, 4) is 0 Å². The van der Waals surface area contributed by atoms with Crippen LogP contribution in [0.25, 0.3) is 0 Å². The fourth-order valence-electron chi connectivity index (χ4n) is 2.50. The van der Waals surface area contributed by atoms with Gasteiger partial charge in [-0.15, -0.1) is 0 Å². The number of nitrogens with zero attached hydrogens (tertiary/aromatic N) is 1. The van der Waals surface area contributed by atoms with Crippen molar-refractivity contribution >= 4 is 10.0 Å². The van der Waals surface area contributed by atoms with Crippen molar-refractivity contribution in [1.29, 1.82) is 0 Å². The summed E-state index contributed by atoms with van der Waals surface area (Å²) in [5, 5.41) is 9.19. The molecule has 0 radical (unpaired) electrons. The fourth-order valence-corrected chi connectivity index (χ4v) is 4.14. The van der Waals surface area contributed by atoms with Crippen molar-refractivity contribution in [2.24, 2.45) is 11.7 Å². The van der Waals surface area contributed by atoms with E-state index in [0.29, 0.717) is 19.6 Å². The molecule has 0 amide bonds. The van der Waals surface area contributed by atoms with Crippen molar-refractivity contribution in [1.82, 2.24) is 4.31 Å². The van der Waals surface area contributed by atoms with E-state index in [-0.39, 0.29) is 18.3 Å². The predicted molar refractivity (Wildman–Crippen MR) is 78.3 cm³/mol. The molecule has 1 saturated heterocycles. The molecule has 6 heteroatoms. The summed E-state index contributed by atoms with van der Waals surface area (Å²) >= 11 is 0. The third kappa shape index (κ3) is 3.79. The molecule has 2 rings (SSSR count). The van der Waals surface area contributed by atoms with Crippen LogP contribution in [0.3, 0.4) is 0 Å². The zero-order chi connectivity index (χ0) is 14.6. The van der Waals surface area contributed by atoms with Gasteiger partial charge in [-0.1, -0.05) is 24.3 Å². The third-order valence-corrected chi connectivity index (χ3v) is 5.56. The molecule has 3 N–H and O–H groups in total. The minimum atomic E-state index is -3.31. The van der Waals surface area contributed by atoms with Crippen LogP contribution in [-0.2, 0) is 22.3 Å². The summed E-state index contributed by atoms with van der Waals surface area (Å²) in [4.78, 5) is 0. The topological polar surface area (TPSA) is 83.6 Å². The van der Waals surface area contributed by atoms with Gasteiger partial charge in [0, 0.05) is 26.2 Å². The highest BCUT2D eigenvalue weighted by Crippen LogP contribution is 2.21. The molecule has 1 fully saturated rings. The maximum atomic E-state index is 12.4. The van der Waals surface area contributed by atoms with Gasteiger partial charge in [-0.25, -0.2) is 12.7 Å². The van der Waals surface area contributed by atoms with Crippen LogP contribution in [0.4, 0.5) is 0 Å². The average molecular weight is 298 g/mol. The van der Waals surface area contributed by atoms with Crippen molar-refractivity contribution in [3.63, 3.8) is 0 Å². The molecule has 0 spiro atoms. The molecule has 0 aliphatic carbocycles. The second-order valence-electron chi connectivity index (χ2n) is 5.33. The first-order valence-electron chi connectivity index (χ1n) is 6.91. The molecule has 5 nitrogen and oxygen atoms in total. The average Bonchev–Trinajstić information content (AvgIpc) is 2.48. The monoisotopic (exact) mass is 298 g/mol. The number of nitrogens with two attached hydrogens (primary N) is 1.